The fourth-order valence-electron chi connectivity index (χ4n) is 1.87. The second-order valence-electron chi connectivity index (χ2n) is 4.20. The Morgan fingerprint density at radius 1 is 1.43 bits per heavy atom. The number of hydrogen-bond donors (Lipinski definition) is 1. The Labute approximate surface area is 86.6 Å². The van der Waals surface area contributed by atoms with Gasteiger partial charge in [-0.2, -0.15) is 0 Å². The van der Waals surface area contributed by atoms with Crippen molar-refractivity contribution >= 4 is 5.91 Å². The second-order valence-corrected chi connectivity index (χ2v) is 4.20. The number of carbonyl (C=O) groups is 1. The lowest BCUT2D eigenvalue weighted by Crippen LogP contribution is -2.31. The summed E-state index contributed by atoms with van der Waals surface area (Å²) in [5.74, 6) is 0.300. The maximum absolute atomic E-state index is 11.6. The van der Waals surface area contributed by atoms with Crippen LogP contribution in [0, 0.1) is 0 Å². The molecule has 1 heterocycles. The van der Waals surface area contributed by atoms with Gasteiger partial charge in [-0.1, -0.05) is 26.2 Å². The molecule has 1 fully saturated rings. The summed E-state index contributed by atoms with van der Waals surface area (Å²) in [5.41, 5.74) is 5.75. The summed E-state index contributed by atoms with van der Waals surface area (Å²) in [6.07, 6.45) is 6.38. The van der Waals surface area contributed by atoms with E-state index in [0.717, 1.165) is 25.9 Å². The zero-order valence-electron chi connectivity index (χ0n) is 9.17. The van der Waals surface area contributed by atoms with Crippen LogP contribution in [0.5, 0.6) is 0 Å². The highest BCUT2D eigenvalue weighted by Gasteiger charge is 2.22. The average molecular weight is 198 g/mol. The van der Waals surface area contributed by atoms with Crippen molar-refractivity contribution in [3.05, 3.63) is 0 Å². The molecule has 0 unspecified atom stereocenters. The standard InChI is InChI=1S/C11H22N2O/c1-2-3-4-5-6-11(14)13-8-7-10(12)9-13/h10H,2-9,12H2,1H3/t10-/m0/s1. The van der Waals surface area contributed by atoms with Gasteiger partial charge in [-0.15, -0.1) is 0 Å². The molecular formula is C11H22N2O. The van der Waals surface area contributed by atoms with Gasteiger partial charge in [0.25, 0.3) is 0 Å². The first-order chi connectivity index (χ1) is 6.74. The molecule has 14 heavy (non-hydrogen) atoms. The fourth-order valence-corrected chi connectivity index (χ4v) is 1.87. The van der Waals surface area contributed by atoms with Crippen molar-refractivity contribution in [1.82, 2.24) is 4.90 Å². The maximum atomic E-state index is 11.6. The number of carbonyl (C=O) groups excluding carboxylic acids is 1. The van der Waals surface area contributed by atoms with Gasteiger partial charge in [-0.25, -0.2) is 0 Å². The molecule has 3 nitrogen and oxygen atoms in total. The SMILES string of the molecule is CCCCCCC(=O)N1CC[C@H](N)C1. The van der Waals surface area contributed by atoms with Crippen LogP contribution in [-0.2, 0) is 4.79 Å². The Hall–Kier alpha value is -0.570. The molecule has 1 atom stereocenters. The Morgan fingerprint density at radius 2 is 2.21 bits per heavy atom. The van der Waals surface area contributed by atoms with Crippen LogP contribution in [0.25, 0.3) is 0 Å². The van der Waals surface area contributed by atoms with Gasteiger partial charge >= 0.3 is 0 Å². The largest absolute Gasteiger partial charge is 0.341 e. The summed E-state index contributed by atoms with van der Waals surface area (Å²) in [5, 5.41) is 0. The van der Waals surface area contributed by atoms with Crippen molar-refractivity contribution in [3.8, 4) is 0 Å². The number of nitrogens with two attached hydrogens (primary N) is 1. The van der Waals surface area contributed by atoms with E-state index in [1.165, 1.54) is 19.3 Å². The maximum Gasteiger partial charge on any atom is 0.222 e. The van der Waals surface area contributed by atoms with Crippen LogP contribution in [0.1, 0.15) is 45.4 Å². The van der Waals surface area contributed by atoms with Crippen molar-refractivity contribution in [1.29, 1.82) is 0 Å². The summed E-state index contributed by atoms with van der Waals surface area (Å²) in [6, 6.07) is 0.217. The lowest BCUT2D eigenvalue weighted by molar-refractivity contribution is -0.130. The zero-order chi connectivity index (χ0) is 10.4. The van der Waals surface area contributed by atoms with Crippen LogP contribution < -0.4 is 5.73 Å². The molecule has 1 amide bonds. The molecule has 1 rings (SSSR count). The Morgan fingerprint density at radius 3 is 2.79 bits per heavy atom. The number of unbranched alkanes of at least 4 members (excludes halogenated alkanes) is 3. The van der Waals surface area contributed by atoms with Crippen LogP contribution in [0.2, 0.25) is 0 Å². The monoisotopic (exact) mass is 198 g/mol. The quantitative estimate of drug-likeness (QED) is 0.681. The van der Waals surface area contributed by atoms with Crippen LogP contribution in [0.4, 0.5) is 0 Å². The Kier molecular flexibility index (Phi) is 4.94. The first-order valence-electron chi connectivity index (χ1n) is 5.77. The smallest absolute Gasteiger partial charge is 0.222 e. The fraction of sp³-hybridized carbons (Fsp3) is 0.909. The van der Waals surface area contributed by atoms with Crippen molar-refractivity contribution in [2.75, 3.05) is 13.1 Å². The van der Waals surface area contributed by atoms with E-state index in [9.17, 15) is 4.79 Å². The highest BCUT2D eigenvalue weighted by Crippen LogP contribution is 2.11. The van der Waals surface area contributed by atoms with Crippen molar-refractivity contribution in [2.24, 2.45) is 5.73 Å². The predicted molar refractivity (Wildman–Crippen MR) is 57.9 cm³/mol. The van der Waals surface area contributed by atoms with E-state index in [4.69, 9.17) is 5.73 Å². The van der Waals surface area contributed by atoms with E-state index < -0.39 is 0 Å². The van der Waals surface area contributed by atoms with Gasteiger partial charge in [0.1, 0.15) is 0 Å². The highest BCUT2D eigenvalue weighted by atomic mass is 16.2. The van der Waals surface area contributed by atoms with Gasteiger partial charge in [0, 0.05) is 25.6 Å². The molecule has 0 aromatic carbocycles. The molecule has 0 aromatic heterocycles. The normalized spacial score (nSPS) is 21.6. The predicted octanol–water partition coefficient (Wildman–Crippen LogP) is 1.52. The number of likely N-dealkylation sites (tertiary alicyclic amines) is 1. The molecular weight excluding hydrogens is 176 g/mol. The zero-order valence-corrected chi connectivity index (χ0v) is 9.17. The molecule has 0 spiro atoms. The topological polar surface area (TPSA) is 46.3 Å². The van der Waals surface area contributed by atoms with E-state index in [0.29, 0.717) is 12.3 Å². The van der Waals surface area contributed by atoms with Gasteiger partial charge < -0.3 is 10.6 Å². The molecule has 2 N–H and O–H groups in total. The van der Waals surface area contributed by atoms with Gasteiger partial charge in [0.15, 0.2) is 0 Å². The summed E-state index contributed by atoms with van der Waals surface area (Å²) >= 11 is 0. The number of hydrogen-bond acceptors (Lipinski definition) is 2. The molecule has 82 valence electrons. The summed E-state index contributed by atoms with van der Waals surface area (Å²) in [4.78, 5) is 13.5. The minimum atomic E-state index is 0.217. The summed E-state index contributed by atoms with van der Waals surface area (Å²) < 4.78 is 0. The van der Waals surface area contributed by atoms with E-state index in [2.05, 4.69) is 6.92 Å². The Bertz CT molecular complexity index is 182. The van der Waals surface area contributed by atoms with E-state index in [1.54, 1.807) is 0 Å². The van der Waals surface area contributed by atoms with Crippen molar-refractivity contribution < 1.29 is 4.79 Å². The first kappa shape index (κ1) is 11.5. The summed E-state index contributed by atoms with van der Waals surface area (Å²) in [7, 11) is 0. The average Bonchev–Trinajstić information content (AvgIpc) is 2.59. The third kappa shape index (κ3) is 3.66. The third-order valence-electron chi connectivity index (χ3n) is 2.82. The highest BCUT2D eigenvalue weighted by molar-refractivity contribution is 5.76. The molecule has 0 radical (unpaired) electrons. The number of nitrogens with zero attached hydrogens (tertiary/aromatic N) is 1. The van der Waals surface area contributed by atoms with Gasteiger partial charge in [-0.05, 0) is 12.8 Å². The first-order valence-corrected chi connectivity index (χ1v) is 5.77. The van der Waals surface area contributed by atoms with E-state index in [-0.39, 0.29) is 6.04 Å². The molecule has 0 saturated carbocycles. The lowest BCUT2D eigenvalue weighted by Gasteiger charge is -2.15. The Balaban J connectivity index is 2.09. The molecule has 0 bridgehead atoms. The minimum absolute atomic E-state index is 0.217. The van der Waals surface area contributed by atoms with Crippen LogP contribution >= 0.6 is 0 Å². The van der Waals surface area contributed by atoms with Crippen LogP contribution in [-0.4, -0.2) is 29.9 Å². The molecule has 0 aromatic rings. The second kappa shape index (κ2) is 6.02. The molecule has 1 saturated heterocycles. The summed E-state index contributed by atoms with van der Waals surface area (Å²) in [6.45, 7) is 3.82. The van der Waals surface area contributed by atoms with E-state index >= 15 is 0 Å². The molecule has 1 aliphatic heterocycles. The van der Waals surface area contributed by atoms with Crippen molar-refractivity contribution in [2.45, 2.75) is 51.5 Å². The number of rotatable bonds is 5. The lowest BCUT2D eigenvalue weighted by atomic mass is 10.1. The van der Waals surface area contributed by atoms with Crippen molar-refractivity contribution in [3.63, 3.8) is 0 Å². The molecule has 1 aliphatic rings. The minimum Gasteiger partial charge on any atom is -0.341 e. The van der Waals surface area contributed by atoms with E-state index in [1.807, 2.05) is 4.90 Å². The molecule has 0 aliphatic carbocycles. The van der Waals surface area contributed by atoms with Gasteiger partial charge in [0.05, 0.1) is 0 Å². The molecule has 3 heteroatoms. The van der Waals surface area contributed by atoms with Gasteiger partial charge in [-0.3, -0.25) is 4.79 Å². The van der Waals surface area contributed by atoms with Crippen LogP contribution in [0.15, 0.2) is 0 Å². The number of amides is 1. The third-order valence-corrected chi connectivity index (χ3v) is 2.82. The van der Waals surface area contributed by atoms with Gasteiger partial charge in [0.2, 0.25) is 5.91 Å². The van der Waals surface area contributed by atoms with Crippen LogP contribution in [0.3, 0.4) is 0 Å².